The maximum atomic E-state index is 10.9. The molecule has 15 heavy (non-hydrogen) atoms. The summed E-state index contributed by atoms with van der Waals surface area (Å²) in [6.07, 6.45) is 0. The summed E-state index contributed by atoms with van der Waals surface area (Å²) in [6, 6.07) is 4.68. The first-order valence-corrected chi connectivity index (χ1v) is 4.62. The number of hydrogen-bond donors (Lipinski definition) is 2. The van der Waals surface area contributed by atoms with Crippen LogP contribution >= 0.6 is 0 Å². The molecule has 4 nitrogen and oxygen atoms in total. The van der Waals surface area contributed by atoms with Gasteiger partial charge in [-0.3, -0.25) is 0 Å². The average Bonchev–Trinajstić information content (AvgIpc) is 2.05. The van der Waals surface area contributed by atoms with E-state index in [9.17, 15) is 4.79 Å². The van der Waals surface area contributed by atoms with Crippen molar-refractivity contribution in [2.45, 2.75) is 26.4 Å². The van der Waals surface area contributed by atoms with Crippen LogP contribution in [0.1, 0.15) is 31.1 Å². The van der Waals surface area contributed by atoms with Crippen LogP contribution in [0.25, 0.3) is 0 Å². The van der Waals surface area contributed by atoms with Gasteiger partial charge in [0.05, 0.1) is 5.69 Å². The number of hydrogen-bond acceptors (Lipinski definition) is 3. The fourth-order valence-electron chi connectivity index (χ4n) is 1.14. The first-order chi connectivity index (χ1) is 6.81. The van der Waals surface area contributed by atoms with E-state index in [1.807, 2.05) is 20.8 Å². The minimum absolute atomic E-state index is 0.0879. The second-order valence-electron chi connectivity index (χ2n) is 4.24. The van der Waals surface area contributed by atoms with Gasteiger partial charge in [0.1, 0.15) is 11.2 Å². The van der Waals surface area contributed by atoms with Gasteiger partial charge >= 0.3 is 5.97 Å². The van der Waals surface area contributed by atoms with Crippen LogP contribution in [0, 0.1) is 0 Å². The van der Waals surface area contributed by atoms with Gasteiger partial charge in [0.2, 0.25) is 0 Å². The molecule has 0 atom stereocenters. The van der Waals surface area contributed by atoms with Crippen LogP contribution in [-0.2, 0) is 0 Å². The summed E-state index contributed by atoms with van der Waals surface area (Å²) in [7, 11) is 0. The van der Waals surface area contributed by atoms with Crippen LogP contribution in [0.4, 0.5) is 5.69 Å². The Morgan fingerprint density at radius 1 is 1.40 bits per heavy atom. The number of para-hydroxylation sites is 1. The van der Waals surface area contributed by atoms with E-state index < -0.39 is 11.6 Å². The molecule has 82 valence electrons. The molecular weight excluding hydrogens is 194 g/mol. The van der Waals surface area contributed by atoms with Crippen LogP contribution in [0.2, 0.25) is 0 Å². The van der Waals surface area contributed by atoms with Gasteiger partial charge in [-0.2, -0.15) is 0 Å². The third-order valence-corrected chi connectivity index (χ3v) is 1.68. The molecule has 0 aliphatic heterocycles. The molecule has 0 fully saturated rings. The molecule has 1 aromatic carbocycles. The minimum atomic E-state index is -1.04. The molecule has 0 aliphatic rings. The Kier molecular flexibility index (Phi) is 2.88. The van der Waals surface area contributed by atoms with Gasteiger partial charge in [0, 0.05) is 0 Å². The van der Waals surface area contributed by atoms with Crippen LogP contribution < -0.4 is 10.5 Å². The zero-order chi connectivity index (χ0) is 11.6. The van der Waals surface area contributed by atoms with E-state index in [2.05, 4.69) is 0 Å². The van der Waals surface area contributed by atoms with E-state index in [0.29, 0.717) is 5.69 Å². The number of rotatable bonds is 2. The SMILES string of the molecule is CC(C)(C)Oc1c(N)cccc1C(=O)O. The summed E-state index contributed by atoms with van der Waals surface area (Å²) in [4.78, 5) is 10.9. The van der Waals surface area contributed by atoms with Crippen molar-refractivity contribution in [3.05, 3.63) is 23.8 Å². The van der Waals surface area contributed by atoms with Crippen molar-refractivity contribution in [1.82, 2.24) is 0 Å². The predicted molar refractivity (Wildman–Crippen MR) is 58.2 cm³/mol. The largest absolute Gasteiger partial charge is 0.485 e. The van der Waals surface area contributed by atoms with Crippen LogP contribution in [-0.4, -0.2) is 16.7 Å². The molecule has 3 N–H and O–H groups in total. The number of carboxylic acid groups (broad SMARTS) is 1. The van der Waals surface area contributed by atoms with Gasteiger partial charge < -0.3 is 15.6 Å². The van der Waals surface area contributed by atoms with Crippen LogP contribution in [0.5, 0.6) is 5.75 Å². The van der Waals surface area contributed by atoms with E-state index in [4.69, 9.17) is 15.6 Å². The molecule has 0 amide bonds. The summed E-state index contributed by atoms with van der Waals surface area (Å²) in [5.74, 6) is -0.806. The van der Waals surface area contributed by atoms with Crippen molar-refractivity contribution in [1.29, 1.82) is 0 Å². The Hall–Kier alpha value is -1.71. The lowest BCUT2D eigenvalue weighted by Gasteiger charge is -2.23. The lowest BCUT2D eigenvalue weighted by atomic mass is 10.1. The molecule has 1 rings (SSSR count). The normalized spacial score (nSPS) is 11.1. The zero-order valence-electron chi connectivity index (χ0n) is 9.07. The van der Waals surface area contributed by atoms with E-state index >= 15 is 0 Å². The highest BCUT2D eigenvalue weighted by Crippen LogP contribution is 2.29. The number of nitrogens with two attached hydrogens (primary N) is 1. The number of carbonyl (C=O) groups is 1. The summed E-state index contributed by atoms with van der Waals surface area (Å²) >= 11 is 0. The Labute approximate surface area is 88.7 Å². The fourth-order valence-corrected chi connectivity index (χ4v) is 1.14. The molecule has 1 aromatic rings. The molecule has 0 radical (unpaired) electrons. The second kappa shape index (κ2) is 3.81. The van der Waals surface area contributed by atoms with Crippen molar-refractivity contribution >= 4 is 11.7 Å². The smallest absolute Gasteiger partial charge is 0.339 e. The number of carboxylic acids is 1. The highest BCUT2D eigenvalue weighted by molar-refractivity contribution is 5.93. The summed E-state index contributed by atoms with van der Waals surface area (Å²) in [5.41, 5.74) is 5.63. The van der Waals surface area contributed by atoms with Gasteiger partial charge in [-0.15, -0.1) is 0 Å². The number of anilines is 1. The van der Waals surface area contributed by atoms with Gasteiger partial charge in [0.25, 0.3) is 0 Å². The molecular formula is C11H15NO3. The summed E-state index contributed by atoms with van der Waals surface area (Å²) in [6.45, 7) is 5.52. The van der Waals surface area contributed by atoms with Crippen molar-refractivity contribution in [3.63, 3.8) is 0 Å². The zero-order valence-corrected chi connectivity index (χ0v) is 9.07. The lowest BCUT2D eigenvalue weighted by molar-refractivity contribution is 0.0681. The molecule has 0 heterocycles. The van der Waals surface area contributed by atoms with Crippen molar-refractivity contribution in [2.75, 3.05) is 5.73 Å². The Bertz CT molecular complexity index is 380. The first kappa shape index (κ1) is 11.4. The second-order valence-corrected chi connectivity index (χ2v) is 4.24. The first-order valence-electron chi connectivity index (χ1n) is 4.62. The number of ether oxygens (including phenoxy) is 1. The van der Waals surface area contributed by atoms with Crippen LogP contribution in [0.3, 0.4) is 0 Å². The number of nitrogen functional groups attached to an aromatic ring is 1. The topological polar surface area (TPSA) is 72.5 Å². The third-order valence-electron chi connectivity index (χ3n) is 1.68. The van der Waals surface area contributed by atoms with Gasteiger partial charge in [-0.1, -0.05) is 6.07 Å². The maximum Gasteiger partial charge on any atom is 0.339 e. The summed E-state index contributed by atoms with van der Waals surface area (Å²) in [5, 5.41) is 8.95. The number of benzene rings is 1. The van der Waals surface area contributed by atoms with E-state index in [1.165, 1.54) is 6.07 Å². The monoisotopic (exact) mass is 209 g/mol. The van der Waals surface area contributed by atoms with E-state index in [0.717, 1.165) is 0 Å². The molecule has 0 aliphatic carbocycles. The molecule has 0 bridgehead atoms. The minimum Gasteiger partial charge on any atom is -0.485 e. The van der Waals surface area contributed by atoms with E-state index in [-0.39, 0.29) is 11.3 Å². The third kappa shape index (κ3) is 2.87. The van der Waals surface area contributed by atoms with Crippen molar-refractivity contribution < 1.29 is 14.6 Å². The summed E-state index contributed by atoms with van der Waals surface area (Å²) < 4.78 is 5.52. The quantitative estimate of drug-likeness (QED) is 0.732. The van der Waals surface area contributed by atoms with Crippen LogP contribution in [0.15, 0.2) is 18.2 Å². The average molecular weight is 209 g/mol. The molecule has 0 saturated heterocycles. The van der Waals surface area contributed by atoms with Gasteiger partial charge in [0.15, 0.2) is 5.75 Å². The Morgan fingerprint density at radius 2 is 2.00 bits per heavy atom. The highest BCUT2D eigenvalue weighted by Gasteiger charge is 2.19. The predicted octanol–water partition coefficient (Wildman–Crippen LogP) is 2.14. The highest BCUT2D eigenvalue weighted by atomic mass is 16.5. The molecule has 0 saturated carbocycles. The lowest BCUT2D eigenvalue weighted by Crippen LogP contribution is -2.24. The molecule has 0 aromatic heterocycles. The van der Waals surface area contributed by atoms with Crippen molar-refractivity contribution in [3.8, 4) is 5.75 Å². The Balaban J connectivity index is 3.19. The standard InChI is InChI=1S/C11H15NO3/c1-11(2,3)15-9-7(10(13)14)5-4-6-8(9)12/h4-6H,12H2,1-3H3,(H,13,14). The fraction of sp³-hybridized carbons (Fsp3) is 0.364. The molecule has 0 unspecified atom stereocenters. The molecule has 0 spiro atoms. The number of aromatic carboxylic acids is 1. The van der Waals surface area contributed by atoms with E-state index in [1.54, 1.807) is 12.1 Å². The van der Waals surface area contributed by atoms with Gasteiger partial charge in [-0.05, 0) is 32.9 Å². The van der Waals surface area contributed by atoms with Crippen molar-refractivity contribution in [2.24, 2.45) is 0 Å². The molecule has 4 heteroatoms. The van der Waals surface area contributed by atoms with Gasteiger partial charge in [-0.25, -0.2) is 4.79 Å². The Morgan fingerprint density at radius 3 is 2.47 bits per heavy atom. The maximum absolute atomic E-state index is 10.9.